The summed E-state index contributed by atoms with van der Waals surface area (Å²) < 4.78 is 29.8. The van der Waals surface area contributed by atoms with Crippen molar-refractivity contribution in [3.05, 3.63) is 48.5 Å². The number of nitrogens with one attached hydrogen (secondary N) is 1. The standard InChI is InChI=1S/C14H15NO3S/c1-18-14-5-3-4-12(10-14)11-6-8-13(9-7-11)15-19(2,16)17/h3-10,15H,1-2H3. The first-order chi connectivity index (χ1) is 8.98. The van der Waals surface area contributed by atoms with E-state index in [9.17, 15) is 8.42 Å². The van der Waals surface area contributed by atoms with Crippen LogP contribution in [-0.4, -0.2) is 21.8 Å². The van der Waals surface area contributed by atoms with Gasteiger partial charge in [0.2, 0.25) is 10.0 Å². The Morgan fingerprint density at radius 2 is 1.68 bits per heavy atom. The Hall–Kier alpha value is -2.01. The number of benzene rings is 2. The second-order valence-corrected chi connectivity index (χ2v) is 5.93. The summed E-state index contributed by atoms with van der Waals surface area (Å²) in [4.78, 5) is 0. The van der Waals surface area contributed by atoms with Gasteiger partial charge in [-0.3, -0.25) is 4.72 Å². The summed E-state index contributed by atoms with van der Waals surface area (Å²) in [7, 11) is -1.61. The lowest BCUT2D eigenvalue weighted by Gasteiger charge is -2.07. The Morgan fingerprint density at radius 1 is 1.00 bits per heavy atom. The summed E-state index contributed by atoms with van der Waals surface area (Å²) in [5, 5.41) is 0. The van der Waals surface area contributed by atoms with E-state index in [1.54, 1.807) is 19.2 Å². The van der Waals surface area contributed by atoms with Crippen LogP contribution >= 0.6 is 0 Å². The van der Waals surface area contributed by atoms with Crippen LogP contribution in [0.25, 0.3) is 11.1 Å². The lowest BCUT2D eigenvalue weighted by Crippen LogP contribution is -2.09. The van der Waals surface area contributed by atoms with Crippen LogP contribution in [0.4, 0.5) is 5.69 Å². The number of sulfonamides is 1. The predicted octanol–water partition coefficient (Wildman–Crippen LogP) is 2.73. The molecule has 2 rings (SSSR count). The first-order valence-electron chi connectivity index (χ1n) is 5.70. The van der Waals surface area contributed by atoms with Gasteiger partial charge in [0.15, 0.2) is 0 Å². The Morgan fingerprint density at radius 3 is 2.26 bits per heavy atom. The summed E-state index contributed by atoms with van der Waals surface area (Å²) >= 11 is 0. The van der Waals surface area contributed by atoms with Gasteiger partial charge in [0.25, 0.3) is 0 Å². The normalized spacial score (nSPS) is 11.1. The molecular weight excluding hydrogens is 262 g/mol. The highest BCUT2D eigenvalue weighted by atomic mass is 32.2. The highest BCUT2D eigenvalue weighted by Crippen LogP contribution is 2.25. The topological polar surface area (TPSA) is 55.4 Å². The van der Waals surface area contributed by atoms with Crippen LogP contribution in [0, 0.1) is 0 Å². The van der Waals surface area contributed by atoms with E-state index in [1.807, 2.05) is 36.4 Å². The molecule has 0 aromatic heterocycles. The molecule has 0 atom stereocenters. The van der Waals surface area contributed by atoms with Crippen LogP contribution in [0.3, 0.4) is 0 Å². The Kier molecular flexibility index (Phi) is 3.76. The Labute approximate surface area is 113 Å². The number of anilines is 1. The summed E-state index contributed by atoms with van der Waals surface area (Å²) in [6.45, 7) is 0. The van der Waals surface area contributed by atoms with E-state index >= 15 is 0 Å². The van der Waals surface area contributed by atoms with E-state index in [0.717, 1.165) is 23.1 Å². The summed E-state index contributed by atoms with van der Waals surface area (Å²) in [6.07, 6.45) is 1.13. The molecule has 1 N–H and O–H groups in total. The monoisotopic (exact) mass is 277 g/mol. The van der Waals surface area contributed by atoms with Crippen LogP contribution < -0.4 is 9.46 Å². The fourth-order valence-electron chi connectivity index (χ4n) is 1.75. The van der Waals surface area contributed by atoms with Gasteiger partial charge < -0.3 is 4.74 Å². The molecule has 0 spiro atoms. The van der Waals surface area contributed by atoms with Crippen LogP contribution in [0.2, 0.25) is 0 Å². The largest absolute Gasteiger partial charge is 0.497 e. The minimum absolute atomic E-state index is 0.550. The van der Waals surface area contributed by atoms with Gasteiger partial charge in [-0.1, -0.05) is 24.3 Å². The van der Waals surface area contributed by atoms with Gasteiger partial charge in [0, 0.05) is 5.69 Å². The van der Waals surface area contributed by atoms with Crippen LogP contribution in [0.5, 0.6) is 5.75 Å². The molecule has 0 saturated heterocycles. The van der Waals surface area contributed by atoms with Gasteiger partial charge in [-0.05, 0) is 35.4 Å². The SMILES string of the molecule is COc1cccc(-c2ccc(NS(C)(=O)=O)cc2)c1. The number of rotatable bonds is 4. The average Bonchev–Trinajstić information content (AvgIpc) is 2.38. The van der Waals surface area contributed by atoms with Crippen molar-refractivity contribution in [1.82, 2.24) is 0 Å². The smallest absolute Gasteiger partial charge is 0.229 e. The molecule has 0 aliphatic heterocycles. The van der Waals surface area contributed by atoms with E-state index < -0.39 is 10.0 Å². The first kappa shape index (κ1) is 13.4. The van der Waals surface area contributed by atoms with Crippen molar-refractivity contribution in [3.8, 4) is 16.9 Å². The molecule has 0 radical (unpaired) electrons. The van der Waals surface area contributed by atoms with Crippen molar-refractivity contribution in [2.75, 3.05) is 18.1 Å². The van der Waals surface area contributed by atoms with Crippen molar-refractivity contribution < 1.29 is 13.2 Å². The molecule has 4 nitrogen and oxygen atoms in total. The van der Waals surface area contributed by atoms with Crippen LogP contribution in [0.15, 0.2) is 48.5 Å². The van der Waals surface area contributed by atoms with Crippen molar-refractivity contribution >= 4 is 15.7 Å². The third-order valence-corrected chi connectivity index (χ3v) is 3.20. The molecule has 19 heavy (non-hydrogen) atoms. The zero-order chi connectivity index (χ0) is 13.9. The lowest BCUT2D eigenvalue weighted by molar-refractivity contribution is 0.415. The second kappa shape index (κ2) is 5.32. The maximum atomic E-state index is 11.1. The van der Waals surface area contributed by atoms with Gasteiger partial charge >= 0.3 is 0 Å². The van der Waals surface area contributed by atoms with Gasteiger partial charge in [0.05, 0.1) is 13.4 Å². The minimum atomic E-state index is -3.24. The average molecular weight is 277 g/mol. The van der Waals surface area contributed by atoms with Crippen molar-refractivity contribution in [2.24, 2.45) is 0 Å². The maximum absolute atomic E-state index is 11.1. The van der Waals surface area contributed by atoms with Gasteiger partial charge in [0.1, 0.15) is 5.75 Å². The molecule has 0 heterocycles. The quantitative estimate of drug-likeness (QED) is 0.935. The minimum Gasteiger partial charge on any atom is -0.497 e. The summed E-state index contributed by atoms with van der Waals surface area (Å²) in [6, 6.07) is 14.9. The predicted molar refractivity (Wildman–Crippen MR) is 76.9 cm³/mol. The highest BCUT2D eigenvalue weighted by Gasteiger charge is 2.03. The summed E-state index contributed by atoms with van der Waals surface area (Å²) in [5.41, 5.74) is 2.57. The molecule has 0 fully saturated rings. The fourth-order valence-corrected chi connectivity index (χ4v) is 2.31. The van der Waals surface area contributed by atoms with E-state index in [-0.39, 0.29) is 0 Å². The molecule has 0 saturated carbocycles. The molecule has 0 aliphatic rings. The third kappa shape index (κ3) is 3.72. The molecule has 2 aromatic carbocycles. The lowest BCUT2D eigenvalue weighted by atomic mass is 10.1. The number of methoxy groups -OCH3 is 1. The molecule has 0 unspecified atom stereocenters. The number of hydrogen-bond acceptors (Lipinski definition) is 3. The van der Waals surface area contributed by atoms with E-state index in [4.69, 9.17) is 4.74 Å². The number of ether oxygens (including phenoxy) is 1. The maximum Gasteiger partial charge on any atom is 0.229 e. The van der Waals surface area contributed by atoms with Gasteiger partial charge in [-0.2, -0.15) is 0 Å². The molecule has 0 bridgehead atoms. The fraction of sp³-hybridized carbons (Fsp3) is 0.143. The molecular formula is C14H15NO3S. The van der Waals surface area contributed by atoms with Crippen LogP contribution in [-0.2, 0) is 10.0 Å². The highest BCUT2D eigenvalue weighted by molar-refractivity contribution is 7.92. The molecule has 0 aliphatic carbocycles. The molecule has 5 heteroatoms. The van der Waals surface area contributed by atoms with Crippen molar-refractivity contribution in [1.29, 1.82) is 0 Å². The van der Waals surface area contributed by atoms with Gasteiger partial charge in [-0.15, -0.1) is 0 Å². The summed E-state index contributed by atoms with van der Waals surface area (Å²) in [5.74, 6) is 0.788. The third-order valence-electron chi connectivity index (χ3n) is 2.59. The molecule has 2 aromatic rings. The van der Waals surface area contributed by atoms with Crippen molar-refractivity contribution in [3.63, 3.8) is 0 Å². The number of hydrogen-bond donors (Lipinski definition) is 1. The van der Waals surface area contributed by atoms with E-state index in [0.29, 0.717) is 5.69 Å². The van der Waals surface area contributed by atoms with Gasteiger partial charge in [-0.25, -0.2) is 8.42 Å². The van der Waals surface area contributed by atoms with Crippen LogP contribution in [0.1, 0.15) is 0 Å². The Bertz CT molecular complexity index is 663. The second-order valence-electron chi connectivity index (χ2n) is 4.18. The zero-order valence-corrected chi connectivity index (χ0v) is 11.6. The first-order valence-corrected chi connectivity index (χ1v) is 7.59. The molecule has 100 valence electrons. The van der Waals surface area contributed by atoms with Crippen molar-refractivity contribution in [2.45, 2.75) is 0 Å². The van der Waals surface area contributed by atoms with E-state index in [1.165, 1.54) is 0 Å². The zero-order valence-electron chi connectivity index (χ0n) is 10.8. The van der Waals surface area contributed by atoms with E-state index in [2.05, 4.69) is 4.72 Å². The molecule has 0 amide bonds. The Balaban J connectivity index is 2.27.